The number of rotatable bonds is 8. The number of aryl methyl sites for hydroxylation is 2. The Balaban J connectivity index is 1.47. The number of benzene rings is 1. The van der Waals surface area contributed by atoms with Gasteiger partial charge in [-0.05, 0) is 62.8 Å². The van der Waals surface area contributed by atoms with Crippen LogP contribution < -0.4 is 14.8 Å². The molecule has 0 amide bonds. The number of hydrogen-bond donors (Lipinski definition) is 1. The zero-order valence-corrected chi connectivity index (χ0v) is 16.7. The predicted molar refractivity (Wildman–Crippen MR) is 110 cm³/mol. The lowest BCUT2D eigenvalue weighted by Crippen LogP contribution is -2.07. The SMILES string of the molecule is CCOc1ccc(CCNc2ncnc3sc4c(c23)CCC4)cc1OCC. The smallest absolute Gasteiger partial charge is 0.161 e. The molecule has 0 unspecified atom stereocenters. The summed E-state index contributed by atoms with van der Waals surface area (Å²) in [5, 5.41) is 4.76. The molecule has 0 aliphatic heterocycles. The van der Waals surface area contributed by atoms with Crippen molar-refractivity contribution in [2.24, 2.45) is 0 Å². The van der Waals surface area contributed by atoms with Crippen LogP contribution in [0.3, 0.4) is 0 Å². The molecule has 2 aromatic heterocycles. The van der Waals surface area contributed by atoms with Crippen molar-refractivity contribution in [1.29, 1.82) is 0 Å². The minimum absolute atomic E-state index is 0.629. The maximum absolute atomic E-state index is 5.73. The lowest BCUT2D eigenvalue weighted by atomic mass is 10.1. The molecule has 0 fully saturated rings. The van der Waals surface area contributed by atoms with Gasteiger partial charge in [-0.2, -0.15) is 0 Å². The summed E-state index contributed by atoms with van der Waals surface area (Å²) < 4.78 is 11.4. The number of thiophene rings is 1. The van der Waals surface area contributed by atoms with Crippen molar-refractivity contribution in [3.05, 3.63) is 40.5 Å². The highest BCUT2D eigenvalue weighted by molar-refractivity contribution is 7.19. The molecule has 4 rings (SSSR count). The van der Waals surface area contributed by atoms with Crippen LogP contribution in [0.2, 0.25) is 0 Å². The summed E-state index contributed by atoms with van der Waals surface area (Å²) in [5.74, 6) is 2.59. The van der Waals surface area contributed by atoms with Crippen molar-refractivity contribution in [2.45, 2.75) is 39.5 Å². The van der Waals surface area contributed by atoms with E-state index in [0.717, 1.165) is 41.5 Å². The number of anilines is 1. The highest BCUT2D eigenvalue weighted by atomic mass is 32.1. The Kier molecular flexibility index (Phi) is 5.43. The average molecular weight is 384 g/mol. The van der Waals surface area contributed by atoms with Crippen molar-refractivity contribution in [3.63, 3.8) is 0 Å². The van der Waals surface area contributed by atoms with Crippen LogP contribution in [0.4, 0.5) is 5.82 Å². The first-order valence-electron chi connectivity index (χ1n) is 9.67. The molecule has 1 aromatic carbocycles. The van der Waals surface area contributed by atoms with Crippen LogP contribution in [-0.4, -0.2) is 29.7 Å². The van der Waals surface area contributed by atoms with Gasteiger partial charge in [0.05, 0.1) is 18.6 Å². The fourth-order valence-electron chi connectivity index (χ4n) is 3.64. The first kappa shape index (κ1) is 18.0. The van der Waals surface area contributed by atoms with Gasteiger partial charge in [0.1, 0.15) is 17.0 Å². The summed E-state index contributed by atoms with van der Waals surface area (Å²) >= 11 is 1.82. The van der Waals surface area contributed by atoms with Crippen LogP contribution in [0.1, 0.15) is 36.3 Å². The molecule has 0 saturated carbocycles. The van der Waals surface area contributed by atoms with Crippen molar-refractivity contribution in [3.8, 4) is 11.5 Å². The zero-order chi connectivity index (χ0) is 18.6. The summed E-state index contributed by atoms with van der Waals surface area (Å²) in [5.41, 5.74) is 2.67. The number of nitrogens with one attached hydrogen (secondary N) is 1. The van der Waals surface area contributed by atoms with Crippen molar-refractivity contribution in [1.82, 2.24) is 9.97 Å². The van der Waals surface area contributed by atoms with Gasteiger partial charge in [0.15, 0.2) is 11.5 Å². The Morgan fingerprint density at radius 1 is 1.07 bits per heavy atom. The third-order valence-corrected chi connectivity index (χ3v) is 6.02. The van der Waals surface area contributed by atoms with Crippen LogP contribution in [0, 0.1) is 0 Å². The third-order valence-electron chi connectivity index (χ3n) is 4.82. The average Bonchev–Trinajstić information content (AvgIpc) is 3.25. The number of hydrogen-bond acceptors (Lipinski definition) is 6. The van der Waals surface area contributed by atoms with E-state index in [9.17, 15) is 0 Å². The third kappa shape index (κ3) is 3.72. The Hall–Kier alpha value is -2.34. The fourth-order valence-corrected chi connectivity index (χ4v) is 4.87. The van der Waals surface area contributed by atoms with Gasteiger partial charge < -0.3 is 14.8 Å². The number of nitrogens with zero attached hydrogens (tertiary/aromatic N) is 2. The van der Waals surface area contributed by atoms with E-state index in [1.54, 1.807) is 6.33 Å². The molecule has 0 radical (unpaired) electrons. The lowest BCUT2D eigenvalue weighted by molar-refractivity contribution is 0.287. The molecule has 1 aliphatic rings. The van der Waals surface area contributed by atoms with Gasteiger partial charge in [0, 0.05) is 11.4 Å². The largest absolute Gasteiger partial charge is 0.490 e. The maximum atomic E-state index is 5.73. The summed E-state index contributed by atoms with van der Waals surface area (Å²) in [6, 6.07) is 6.18. The van der Waals surface area contributed by atoms with E-state index in [4.69, 9.17) is 9.47 Å². The van der Waals surface area contributed by atoms with Gasteiger partial charge in [-0.25, -0.2) is 9.97 Å². The second kappa shape index (κ2) is 8.13. The van der Waals surface area contributed by atoms with E-state index in [1.807, 2.05) is 31.3 Å². The Morgan fingerprint density at radius 2 is 1.93 bits per heavy atom. The lowest BCUT2D eigenvalue weighted by Gasteiger charge is -2.13. The molecular formula is C21H25N3O2S. The topological polar surface area (TPSA) is 56.3 Å². The summed E-state index contributed by atoms with van der Waals surface area (Å²) in [6.07, 6.45) is 6.14. The predicted octanol–water partition coefficient (Wildman–Crippen LogP) is 4.63. The monoisotopic (exact) mass is 383 g/mol. The molecule has 0 saturated heterocycles. The van der Waals surface area contributed by atoms with Crippen LogP contribution in [-0.2, 0) is 19.3 Å². The van der Waals surface area contributed by atoms with Gasteiger partial charge in [-0.3, -0.25) is 0 Å². The number of fused-ring (bicyclic) bond motifs is 3. The molecule has 0 atom stereocenters. The molecule has 27 heavy (non-hydrogen) atoms. The fraction of sp³-hybridized carbons (Fsp3) is 0.429. The molecule has 1 N–H and O–H groups in total. The van der Waals surface area contributed by atoms with E-state index >= 15 is 0 Å². The first-order valence-corrected chi connectivity index (χ1v) is 10.5. The minimum atomic E-state index is 0.629. The molecular weight excluding hydrogens is 358 g/mol. The van der Waals surface area contributed by atoms with Gasteiger partial charge >= 0.3 is 0 Å². The highest BCUT2D eigenvalue weighted by Gasteiger charge is 2.21. The van der Waals surface area contributed by atoms with Crippen LogP contribution in [0.25, 0.3) is 10.2 Å². The quantitative estimate of drug-likeness (QED) is 0.614. The molecule has 142 valence electrons. The summed E-state index contributed by atoms with van der Waals surface area (Å²) in [4.78, 5) is 11.6. The van der Waals surface area contributed by atoms with Crippen molar-refractivity contribution >= 4 is 27.4 Å². The van der Waals surface area contributed by atoms with E-state index < -0.39 is 0 Å². The Labute approximate surface area is 163 Å². The molecule has 0 bridgehead atoms. The second-order valence-corrected chi connectivity index (χ2v) is 7.67. The van der Waals surface area contributed by atoms with Gasteiger partial charge in [-0.15, -0.1) is 11.3 Å². The standard InChI is InChI=1S/C21H25N3O2S/c1-3-25-16-9-8-14(12-17(16)26-4-2)10-11-22-20-19-15-6-5-7-18(15)27-21(19)24-13-23-20/h8-9,12-13H,3-7,10-11H2,1-2H3,(H,22,23,24). The zero-order valence-electron chi connectivity index (χ0n) is 15.9. The molecule has 6 heteroatoms. The number of ether oxygens (including phenoxy) is 2. The summed E-state index contributed by atoms with van der Waals surface area (Å²) in [6.45, 7) is 6.05. The molecule has 1 aliphatic carbocycles. The van der Waals surface area contributed by atoms with Crippen LogP contribution >= 0.6 is 11.3 Å². The Morgan fingerprint density at radius 3 is 2.78 bits per heavy atom. The van der Waals surface area contributed by atoms with E-state index in [2.05, 4.69) is 27.4 Å². The maximum Gasteiger partial charge on any atom is 0.161 e. The normalized spacial score (nSPS) is 13.0. The minimum Gasteiger partial charge on any atom is -0.490 e. The van der Waals surface area contributed by atoms with Crippen LogP contribution in [0.5, 0.6) is 11.5 Å². The highest BCUT2D eigenvalue weighted by Crippen LogP contribution is 2.39. The Bertz CT molecular complexity index is 939. The van der Waals surface area contributed by atoms with Crippen LogP contribution in [0.15, 0.2) is 24.5 Å². The van der Waals surface area contributed by atoms with Gasteiger partial charge in [0.25, 0.3) is 0 Å². The van der Waals surface area contributed by atoms with E-state index in [0.29, 0.717) is 13.2 Å². The van der Waals surface area contributed by atoms with E-state index in [-0.39, 0.29) is 0 Å². The molecule has 0 spiro atoms. The molecule has 3 aromatic rings. The second-order valence-electron chi connectivity index (χ2n) is 6.58. The van der Waals surface area contributed by atoms with Crippen molar-refractivity contribution < 1.29 is 9.47 Å². The van der Waals surface area contributed by atoms with E-state index in [1.165, 1.54) is 34.2 Å². The number of aromatic nitrogens is 2. The molecule has 2 heterocycles. The molecule has 5 nitrogen and oxygen atoms in total. The summed E-state index contributed by atoms with van der Waals surface area (Å²) in [7, 11) is 0. The van der Waals surface area contributed by atoms with Gasteiger partial charge in [-0.1, -0.05) is 6.07 Å². The van der Waals surface area contributed by atoms with Gasteiger partial charge in [0.2, 0.25) is 0 Å². The van der Waals surface area contributed by atoms with Crippen molar-refractivity contribution in [2.75, 3.05) is 25.1 Å². The first-order chi connectivity index (χ1) is 13.3.